The Morgan fingerprint density at radius 1 is 1.36 bits per heavy atom. The summed E-state index contributed by atoms with van der Waals surface area (Å²) in [5.41, 5.74) is 1.84. The predicted molar refractivity (Wildman–Crippen MR) is 45.9 cm³/mol. The molecule has 0 bridgehead atoms. The van der Waals surface area contributed by atoms with E-state index >= 15 is 0 Å². The Kier molecular flexibility index (Phi) is 2.32. The van der Waals surface area contributed by atoms with Crippen molar-refractivity contribution in [3.8, 4) is 5.75 Å². The molecule has 0 aliphatic carbocycles. The van der Waals surface area contributed by atoms with Crippen LogP contribution in [-0.4, -0.2) is 0 Å². The van der Waals surface area contributed by atoms with E-state index in [4.69, 9.17) is 0 Å². The van der Waals surface area contributed by atoms with E-state index in [1.54, 1.807) is 12.1 Å². The fourth-order valence-corrected chi connectivity index (χ4v) is 0.948. The summed E-state index contributed by atoms with van der Waals surface area (Å²) in [5.74, 6) is 0.100. The smallest absolute Gasteiger partial charge is 0.186 e. The number of rotatable bonds is 1. The maximum Gasteiger partial charge on any atom is 0.186 e. The van der Waals surface area contributed by atoms with E-state index in [0.717, 1.165) is 11.1 Å². The third-order valence-corrected chi connectivity index (χ3v) is 1.74. The van der Waals surface area contributed by atoms with Gasteiger partial charge in [-0.3, -0.25) is 5.11 Å². The molecule has 0 fully saturated rings. The molecular formula is C10H11O. The Labute approximate surface area is 67.0 Å². The largest absolute Gasteiger partial charge is 0.289 e. The van der Waals surface area contributed by atoms with Crippen LogP contribution in [-0.2, 0) is 5.11 Å². The van der Waals surface area contributed by atoms with E-state index in [-0.39, 0.29) is 5.75 Å². The molecule has 0 aliphatic rings. The van der Waals surface area contributed by atoms with Gasteiger partial charge in [0, 0.05) is 5.56 Å². The van der Waals surface area contributed by atoms with Crippen molar-refractivity contribution < 1.29 is 5.11 Å². The summed E-state index contributed by atoms with van der Waals surface area (Å²) in [5, 5.41) is 11.2. The summed E-state index contributed by atoms with van der Waals surface area (Å²) in [4.78, 5) is 0. The van der Waals surface area contributed by atoms with Crippen LogP contribution in [0, 0.1) is 0 Å². The molecule has 0 saturated heterocycles. The van der Waals surface area contributed by atoms with Gasteiger partial charge in [0.2, 0.25) is 0 Å². The molecule has 0 amide bonds. The number of hydrogen-bond donors (Lipinski definition) is 0. The Hall–Kier alpha value is -1.24. The highest BCUT2D eigenvalue weighted by molar-refractivity contribution is 5.68. The van der Waals surface area contributed by atoms with Gasteiger partial charge in [0.15, 0.2) is 5.75 Å². The molecule has 0 atom stereocenters. The van der Waals surface area contributed by atoms with E-state index in [1.807, 2.05) is 32.1 Å². The lowest BCUT2D eigenvalue weighted by Crippen LogP contribution is -1.77. The minimum atomic E-state index is 0.100. The third-order valence-electron chi connectivity index (χ3n) is 1.74. The van der Waals surface area contributed by atoms with E-state index < -0.39 is 0 Å². The first-order valence-corrected chi connectivity index (χ1v) is 3.65. The van der Waals surface area contributed by atoms with E-state index in [1.165, 1.54) is 0 Å². The predicted octanol–water partition coefficient (Wildman–Crippen LogP) is 3.25. The second kappa shape index (κ2) is 3.24. The molecule has 0 saturated carbocycles. The van der Waals surface area contributed by atoms with E-state index in [9.17, 15) is 5.11 Å². The van der Waals surface area contributed by atoms with Gasteiger partial charge in [-0.05, 0) is 25.5 Å². The Morgan fingerprint density at radius 2 is 2.00 bits per heavy atom. The molecule has 11 heavy (non-hydrogen) atoms. The third kappa shape index (κ3) is 1.61. The maximum absolute atomic E-state index is 11.2. The average molecular weight is 147 g/mol. The van der Waals surface area contributed by atoms with Crippen LogP contribution in [0.3, 0.4) is 0 Å². The zero-order valence-corrected chi connectivity index (χ0v) is 6.79. The van der Waals surface area contributed by atoms with E-state index in [2.05, 4.69) is 0 Å². The monoisotopic (exact) mass is 147 g/mol. The van der Waals surface area contributed by atoms with E-state index in [0.29, 0.717) is 0 Å². The molecule has 0 spiro atoms. The Bertz CT molecular complexity index is 274. The van der Waals surface area contributed by atoms with Crippen molar-refractivity contribution in [2.75, 3.05) is 0 Å². The van der Waals surface area contributed by atoms with Crippen molar-refractivity contribution in [1.29, 1.82) is 0 Å². The Balaban J connectivity index is 3.14. The zero-order valence-electron chi connectivity index (χ0n) is 6.79. The van der Waals surface area contributed by atoms with Gasteiger partial charge >= 0.3 is 0 Å². The van der Waals surface area contributed by atoms with Crippen molar-refractivity contribution in [3.63, 3.8) is 0 Å². The van der Waals surface area contributed by atoms with Crippen molar-refractivity contribution in [2.45, 2.75) is 13.8 Å². The summed E-state index contributed by atoms with van der Waals surface area (Å²) in [6, 6.07) is 7.07. The first-order valence-electron chi connectivity index (χ1n) is 3.65. The summed E-state index contributed by atoms with van der Waals surface area (Å²) in [6.07, 6.45) is 1.94. The molecule has 1 heteroatoms. The number of hydrogen-bond acceptors (Lipinski definition) is 0. The molecule has 1 aromatic carbocycles. The minimum absolute atomic E-state index is 0.100. The highest BCUT2D eigenvalue weighted by Crippen LogP contribution is 2.23. The van der Waals surface area contributed by atoms with Crippen LogP contribution in [0.4, 0.5) is 0 Å². The van der Waals surface area contributed by atoms with Crippen LogP contribution >= 0.6 is 0 Å². The normalized spacial score (nSPS) is 11.6. The van der Waals surface area contributed by atoms with Crippen molar-refractivity contribution in [3.05, 3.63) is 35.9 Å². The quantitative estimate of drug-likeness (QED) is 0.581. The summed E-state index contributed by atoms with van der Waals surface area (Å²) in [7, 11) is 0. The number of allylic oxidation sites excluding steroid dienone is 2. The summed E-state index contributed by atoms with van der Waals surface area (Å²) >= 11 is 0. The molecule has 0 unspecified atom stereocenters. The zero-order chi connectivity index (χ0) is 8.27. The number of para-hydroxylation sites is 1. The second-order valence-electron chi connectivity index (χ2n) is 2.47. The molecule has 1 aromatic rings. The van der Waals surface area contributed by atoms with Crippen LogP contribution in [0.2, 0.25) is 0 Å². The van der Waals surface area contributed by atoms with Gasteiger partial charge in [0.05, 0.1) is 0 Å². The first kappa shape index (κ1) is 7.86. The van der Waals surface area contributed by atoms with Gasteiger partial charge in [-0.2, -0.15) is 0 Å². The minimum Gasteiger partial charge on any atom is -0.289 e. The lowest BCUT2D eigenvalue weighted by molar-refractivity contribution is 0.353. The van der Waals surface area contributed by atoms with Gasteiger partial charge in [0.1, 0.15) is 0 Å². The van der Waals surface area contributed by atoms with Crippen LogP contribution in [0.5, 0.6) is 5.75 Å². The highest BCUT2D eigenvalue weighted by atomic mass is 16.3. The molecule has 1 rings (SSSR count). The van der Waals surface area contributed by atoms with Gasteiger partial charge in [-0.15, -0.1) is 0 Å². The Morgan fingerprint density at radius 3 is 2.55 bits per heavy atom. The second-order valence-corrected chi connectivity index (χ2v) is 2.47. The topological polar surface area (TPSA) is 19.9 Å². The van der Waals surface area contributed by atoms with Crippen LogP contribution in [0.25, 0.3) is 5.57 Å². The molecule has 1 nitrogen and oxygen atoms in total. The first-order chi connectivity index (χ1) is 5.25. The van der Waals surface area contributed by atoms with Crippen molar-refractivity contribution in [2.24, 2.45) is 0 Å². The molecule has 0 aliphatic heterocycles. The SMILES string of the molecule is CC=C(C)c1ccccc1[O]. The van der Waals surface area contributed by atoms with Crippen LogP contribution in [0.1, 0.15) is 19.4 Å². The van der Waals surface area contributed by atoms with Gasteiger partial charge < -0.3 is 0 Å². The van der Waals surface area contributed by atoms with Gasteiger partial charge in [0.25, 0.3) is 0 Å². The van der Waals surface area contributed by atoms with Gasteiger partial charge in [-0.25, -0.2) is 0 Å². The molecule has 57 valence electrons. The molecular weight excluding hydrogens is 136 g/mol. The van der Waals surface area contributed by atoms with Gasteiger partial charge in [-0.1, -0.05) is 24.3 Å². The lowest BCUT2D eigenvalue weighted by atomic mass is 10.1. The standard InChI is InChI=1S/C10H11O/c1-3-8(2)9-6-4-5-7-10(9)11/h3-7H,1-2H3. The number of benzene rings is 1. The molecule has 0 N–H and O–H groups in total. The molecule has 0 heterocycles. The summed E-state index contributed by atoms with van der Waals surface area (Å²) < 4.78 is 0. The fraction of sp³-hybridized carbons (Fsp3) is 0.200. The van der Waals surface area contributed by atoms with Crippen molar-refractivity contribution >= 4 is 5.57 Å². The van der Waals surface area contributed by atoms with Crippen molar-refractivity contribution in [1.82, 2.24) is 0 Å². The molecule has 1 radical (unpaired) electrons. The van der Waals surface area contributed by atoms with Crippen LogP contribution < -0.4 is 0 Å². The molecule has 0 aromatic heterocycles. The van der Waals surface area contributed by atoms with Crippen LogP contribution in [0.15, 0.2) is 30.3 Å². The summed E-state index contributed by atoms with van der Waals surface area (Å²) in [6.45, 7) is 3.87. The lowest BCUT2D eigenvalue weighted by Gasteiger charge is -1.99. The maximum atomic E-state index is 11.2. The average Bonchev–Trinajstić information content (AvgIpc) is 2.04. The highest BCUT2D eigenvalue weighted by Gasteiger charge is 2.00. The fourth-order valence-electron chi connectivity index (χ4n) is 0.948.